The maximum absolute atomic E-state index is 12.5. The van der Waals surface area contributed by atoms with E-state index in [0.29, 0.717) is 5.69 Å². The van der Waals surface area contributed by atoms with Crippen LogP contribution in [0.15, 0.2) is 53.4 Å². The molecule has 0 unspecified atom stereocenters. The summed E-state index contributed by atoms with van der Waals surface area (Å²) in [5.41, 5.74) is 0.601. The minimum absolute atomic E-state index is 0.0808. The summed E-state index contributed by atoms with van der Waals surface area (Å²) in [6.45, 7) is 7.08. The molecule has 3 N–H and O–H groups in total. The molecule has 2 rings (SSSR count). The summed E-state index contributed by atoms with van der Waals surface area (Å²) >= 11 is 0. The fourth-order valence-electron chi connectivity index (χ4n) is 2.51. The first kappa shape index (κ1) is 19.9. The molecule has 0 radical (unpaired) electrons. The first-order valence-electron chi connectivity index (χ1n) is 8.22. The molecule has 0 heterocycles. The van der Waals surface area contributed by atoms with Gasteiger partial charge in [-0.1, -0.05) is 30.3 Å². The summed E-state index contributed by atoms with van der Waals surface area (Å²) in [5, 5.41) is 12.7. The highest BCUT2D eigenvalue weighted by molar-refractivity contribution is 7.89. The third-order valence-corrected chi connectivity index (χ3v) is 5.40. The van der Waals surface area contributed by atoms with Crippen LogP contribution in [0.3, 0.4) is 0 Å². The van der Waals surface area contributed by atoms with E-state index < -0.39 is 21.5 Å². The van der Waals surface area contributed by atoms with Gasteiger partial charge in [-0.05, 0) is 51.5 Å². The van der Waals surface area contributed by atoms with Gasteiger partial charge in [0.2, 0.25) is 10.0 Å². The van der Waals surface area contributed by atoms with E-state index >= 15 is 0 Å². The van der Waals surface area contributed by atoms with Crippen molar-refractivity contribution in [2.75, 3.05) is 5.32 Å². The highest BCUT2D eigenvalue weighted by Gasteiger charge is 2.24. The summed E-state index contributed by atoms with van der Waals surface area (Å²) < 4.78 is 27.4. The monoisotopic (exact) mass is 376 g/mol. The van der Waals surface area contributed by atoms with Gasteiger partial charge in [-0.3, -0.25) is 0 Å². The number of aromatic carboxylic acids is 1. The van der Waals surface area contributed by atoms with Crippen molar-refractivity contribution in [2.45, 2.75) is 44.2 Å². The Morgan fingerprint density at radius 1 is 1.08 bits per heavy atom. The number of hydrogen-bond donors (Lipinski definition) is 3. The van der Waals surface area contributed by atoms with E-state index in [-0.39, 0.29) is 16.5 Å². The number of anilines is 1. The zero-order valence-corrected chi connectivity index (χ0v) is 16.1. The van der Waals surface area contributed by atoms with Gasteiger partial charge >= 0.3 is 5.97 Å². The van der Waals surface area contributed by atoms with Crippen LogP contribution in [0.5, 0.6) is 0 Å². The Bertz CT molecular complexity index is 888. The van der Waals surface area contributed by atoms with Crippen molar-refractivity contribution in [3.8, 4) is 0 Å². The molecule has 6 nitrogen and oxygen atoms in total. The molecule has 2 aromatic carbocycles. The number of benzene rings is 2. The Kier molecular flexibility index (Phi) is 5.73. The molecule has 0 bridgehead atoms. The Morgan fingerprint density at radius 2 is 1.69 bits per heavy atom. The van der Waals surface area contributed by atoms with Crippen LogP contribution in [-0.2, 0) is 10.0 Å². The number of carbonyl (C=O) groups is 1. The van der Waals surface area contributed by atoms with E-state index in [1.807, 2.05) is 37.3 Å². The van der Waals surface area contributed by atoms with Crippen molar-refractivity contribution in [2.24, 2.45) is 0 Å². The van der Waals surface area contributed by atoms with Crippen LogP contribution in [-0.4, -0.2) is 25.0 Å². The smallest absolute Gasteiger partial charge is 0.337 e. The average Bonchev–Trinajstić information content (AvgIpc) is 2.53. The minimum atomic E-state index is -3.81. The summed E-state index contributed by atoms with van der Waals surface area (Å²) in [4.78, 5) is 11.6. The van der Waals surface area contributed by atoms with Crippen molar-refractivity contribution in [1.82, 2.24) is 4.72 Å². The Balaban J connectivity index is 2.37. The largest absolute Gasteiger partial charge is 0.478 e. The molecular weight excluding hydrogens is 352 g/mol. The van der Waals surface area contributed by atoms with Crippen LogP contribution in [0.4, 0.5) is 5.69 Å². The maximum atomic E-state index is 12.5. The van der Waals surface area contributed by atoms with Gasteiger partial charge in [-0.2, -0.15) is 0 Å². The Hall–Kier alpha value is -2.38. The molecule has 0 spiro atoms. The lowest BCUT2D eigenvalue weighted by Crippen LogP contribution is -2.40. The fourth-order valence-corrected chi connectivity index (χ4v) is 3.96. The molecule has 0 aromatic heterocycles. The zero-order valence-electron chi connectivity index (χ0n) is 15.3. The van der Waals surface area contributed by atoms with Gasteiger partial charge in [0, 0.05) is 17.3 Å². The second kappa shape index (κ2) is 7.47. The SMILES string of the molecule is C[C@H](Nc1ccc(S(=O)(=O)NC(C)(C)C)cc1C(=O)O)c1ccccc1. The normalized spacial score (nSPS) is 13.2. The first-order valence-corrected chi connectivity index (χ1v) is 9.71. The lowest BCUT2D eigenvalue weighted by Gasteiger charge is -2.21. The topological polar surface area (TPSA) is 95.5 Å². The second-order valence-corrected chi connectivity index (χ2v) is 8.83. The summed E-state index contributed by atoms with van der Waals surface area (Å²) in [7, 11) is -3.81. The highest BCUT2D eigenvalue weighted by atomic mass is 32.2. The molecule has 7 heteroatoms. The van der Waals surface area contributed by atoms with Crippen molar-refractivity contribution in [3.05, 3.63) is 59.7 Å². The first-order chi connectivity index (χ1) is 12.0. The standard InChI is InChI=1S/C19H24N2O4S/c1-13(14-8-6-5-7-9-14)20-17-11-10-15(12-16(17)18(22)23)26(24,25)21-19(2,3)4/h5-13,20-21H,1-4H3,(H,22,23)/t13-/m0/s1. The number of nitrogens with one attached hydrogen (secondary N) is 2. The van der Waals surface area contributed by atoms with Gasteiger partial charge in [0.05, 0.1) is 10.5 Å². The van der Waals surface area contributed by atoms with Gasteiger partial charge in [0.15, 0.2) is 0 Å². The predicted octanol–water partition coefficient (Wildman–Crippen LogP) is 3.63. The number of carboxylic acids is 1. The molecule has 0 amide bonds. The molecule has 0 aliphatic rings. The van der Waals surface area contributed by atoms with Crippen LogP contribution in [0.25, 0.3) is 0 Å². The van der Waals surface area contributed by atoms with Crippen molar-refractivity contribution < 1.29 is 18.3 Å². The second-order valence-electron chi connectivity index (χ2n) is 7.14. The summed E-state index contributed by atoms with van der Waals surface area (Å²) in [6, 6.07) is 13.5. The molecule has 26 heavy (non-hydrogen) atoms. The van der Waals surface area contributed by atoms with Crippen LogP contribution in [0, 0.1) is 0 Å². The number of carboxylic acid groups (broad SMARTS) is 1. The van der Waals surface area contributed by atoms with E-state index in [0.717, 1.165) is 5.56 Å². The highest BCUT2D eigenvalue weighted by Crippen LogP contribution is 2.25. The van der Waals surface area contributed by atoms with Crippen LogP contribution < -0.4 is 10.0 Å². The predicted molar refractivity (Wildman–Crippen MR) is 102 cm³/mol. The van der Waals surface area contributed by atoms with Gasteiger partial charge in [0.1, 0.15) is 0 Å². The van der Waals surface area contributed by atoms with Gasteiger partial charge < -0.3 is 10.4 Å². The van der Waals surface area contributed by atoms with Crippen LogP contribution >= 0.6 is 0 Å². The molecule has 2 aromatic rings. The van der Waals surface area contributed by atoms with Gasteiger partial charge in [-0.25, -0.2) is 17.9 Å². The lowest BCUT2D eigenvalue weighted by molar-refractivity contribution is 0.0697. The van der Waals surface area contributed by atoms with E-state index in [2.05, 4.69) is 10.0 Å². The molecule has 0 aliphatic carbocycles. The Labute approximate surface area is 154 Å². The zero-order chi connectivity index (χ0) is 19.5. The minimum Gasteiger partial charge on any atom is -0.478 e. The molecule has 0 saturated heterocycles. The number of rotatable bonds is 6. The number of hydrogen-bond acceptors (Lipinski definition) is 4. The van der Waals surface area contributed by atoms with E-state index in [1.165, 1.54) is 18.2 Å². The average molecular weight is 376 g/mol. The van der Waals surface area contributed by atoms with Crippen LogP contribution in [0.2, 0.25) is 0 Å². The quantitative estimate of drug-likeness (QED) is 0.715. The molecule has 140 valence electrons. The van der Waals surface area contributed by atoms with E-state index in [1.54, 1.807) is 20.8 Å². The van der Waals surface area contributed by atoms with Crippen LogP contribution in [0.1, 0.15) is 49.7 Å². The van der Waals surface area contributed by atoms with Gasteiger partial charge in [-0.15, -0.1) is 0 Å². The summed E-state index contributed by atoms with van der Waals surface area (Å²) in [6.07, 6.45) is 0. The Morgan fingerprint density at radius 3 is 2.23 bits per heavy atom. The van der Waals surface area contributed by atoms with E-state index in [4.69, 9.17) is 0 Å². The van der Waals surface area contributed by atoms with Crippen molar-refractivity contribution in [1.29, 1.82) is 0 Å². The molecule has 1 atom stereocenters. The van der Waals surface area contributed by atoms with E-state index in [9.17, 15) is 18.3 Å². The third kappa shape index (κ3) is 5.06. The molecule has 0 fully saturated rings. The number of sulfonamides is 1. The van der Waals surface area contributed by atoms with Gasteiger partial charge in [0.25, 0.3) is 0 Å². The van der Waals surface area contributed by atoms with Crippen molar-refractivity contribution >= 4 is 21.7 Å². The third-order valence-electron chi connectivity index (χ3n) is 3.64. The summed E-state index contributed by atoms with van der Waals surface area (Å²) in [5.74, 6) is -1.19. The van der Waals surface area contributed by atoms with Crippen molar-refractivity contribution in [3.63, 3.8) is 0 Å². The fraction of sp³-hybridized carbons (Fsp3) is 0.316. The molecule has 0 saturated carbocycles. The molecular formula is C19H24N2O4S. The molecule has 0 aliphatic heterocycles. The maximum Gasteiger partial charge on any atom is 0.337 e. The lowest BCUT2D eigenvalue weighted by atomic mass is 10.1.